The normalized spacial score (nSPS) is 38.8. The van der Waals surface area contributed by atoms with E-state index in [9.17, 15) is 0 Å². The first-order chi connectivity index (χ1) is 5.75. The maximum Gasteiger partial charge on any atom is 0.191 e. The smallest absolute Gasteiger partial charge is 0.191 e. The summed E-state index contributed by atoms with van der Waals surface area (Å²) in [7, 11) is 0. The highest BCUT2D eigenvalue weighted by molar-refractivity contribution is 5.81. The number of guanidine groups is 1. The zero-order valence-corrected chi connectivity index (χ0v) is 7.80. The van der Waals surface area contributed by atoms with E-state index < -0.39 is 0 Å². The van der Waals surface area contributed by atoms with Crippen molar-refractivity contribution in [3.8, 4) is 0 Å². The Balaban J connectivity index is 1.67. The molecule has 2 N–H and O–H groups in total. The Morgan fingerprint density at radius 2 is 2.33 bits per heavy atom. The van der Waals surface area contributed by atoms with Crippen molar-refractivity contribution < 1.29 is 0 Å². The molecule has 0 spiro atoms. The molecule has 0 amide bonds. The fraction of sp³-hybridized carbons (Fsp3) is 0.889. The van der Waals surface area contributed by atoms with Gasteiger partial charge in [0.15, 0.2) is 5.96 Å². The molecule has 3 heteroatoms. The van der Waals surface area contributed by atoms with Crippen molar-refractivity contribution in [1.29, 1.82) is 0 Å². The SMILES string of the molecule is CC1CN=C(NCC2CC2C)N1. The van der Waals surface area contributed by atoms with Crippen LogP contribution in [0.3, 0.4) is 0 Å². The Bertz CT molecular complexity index is 200. The number of aliphatic imine (C=N–C) groups is 1. The quantitative estimate of drug-likeness (QED) is 0.631. The van der Waals surface area contributed by atoms with Crippen LogP contribution < -0.4 is 10.6 Å². The molecule has 0 bridgehead atoms. The summed E-state index contributed by atoms with van der Waals surface area (Å²) in [6.07, 6.45) is 1.38. The van der Waals surface area contributed by atoms with Crippen molar-refractivity contribution in [2.75, 3.05) is 13.1 Å². The third-order valence-corrected chi connectivity index (χ3v) is 2.71. The zero-order valence-electron chi connectivity index (χ0n) is 7.80. The van der Waals surface area contributed by atoms with Gasteiger partial charge in [-0.05, 0) is 25.2 Å². The van der Waals surface area contributed by atoms with Crippen LogP contribution in [0.2, 0.25) is 0 Å². The molecule has 1 heterocycles. The van der Waals surface area contributed by atoms with Crippen LogP contribution in [-0.2, 0) is 0 Å². The fourth-order valence-electron chi connectivity index (χ4n) is 1.57. The maximum atomic E-state index is 4.34. The van der Waals surface area contributed by atoms with Crippen LogP contribution in [-0.4, -0.2) is 25.1 Å². The predicted molar refractivity (Wildman–Crippen MR) is 50.2 cm³/mol. The molecule has 0 radical (unpaired) electrons. The van der Waals surface area contributed by atoms with Gasteiger partial charge in [0, 0.05) is 12.6 Å². The number of hydrogen-bond donors (Lipinski definition) is 2. The van der Waals surface area contributed by atoms with E-state index in [4.69, 9.17) is 0 Å². The molecule has 1 aliphatic carbocycles. The van der Waals surface area contributed by atoms with E-state index in [1.165, 1.54) is 6.42 Å². The van der Waals surface area contributed by atoms with Gasteiger partial charge in [-0.25, -0.2) is 0 Å². The second kappa shape index (κ2) is 2.96. The predicted octanol–water partition coefficient (Wildman–Crippen LogP) is 0.580. The van der Waals surface area contributed by atoms with Gasteiger partial charge in [0.05, 0.1) is 6.54 Å². The Hall–Kier alpha value is -0.730. The van der Waals surface area contributed by atoms with Crippen LogP contribution in [0.4, 0.5) is 0 Å². The van der Waals surface area contributed by atoms with Crippen LogP contribution in [0, 0.1) is 11.8 Å². The summed E-state index contributed by atoms with van der Waals surface area (Å²) in [6, 6.07) is 0.518. The van der Waals surface area contributed by atoms with Crippen molar-refractivity contribution in [2.24, 2.45) is 16.8 Å². The minimum Gasteiger partial charge on any atom is -0.356 e. The molecular formula is C9H17N3. The topological polar surface area (TPSA) is 36.4 Å². The number of rotatable bonds is 2. The third-order valence-electron chi connectivity index (χ3n) is 2.71. The van der Waals surface area contributed by atoms with Crippen molar-refractivity contribution in [2.45, 2.75) is 26.3 Å². The van der Waals surface area contributed by atoms with Crippen LogP contribution in [0.1, 0.15) is 20.3 Å². The van der Waals surface area contributed by atoms with Crippen LogP contribution in [0.5, 0.6) is 0 Å². The summed E-state index contributed by atoms with van der Waals surface area (Å²) < 4.78 is 0. The Morgan fingerprint density at radius 3 is 2.83 bits per heavy atom. The van der Waals surface area contributed by atoms with Gasteiger partial charge >= 0.3 is 0 Å². The molecule has 3 atom stereocenters. The standard InChI is InChI=1S/C9H17N3/c1-6-3-8(6)5-11-9-10-4-7(2)12-9/h6-8H,3-5H2,1-2H3,(H2,10,11,12). The number of nitrogens with one attached hydrogen (secondary N) is 2. The summed E-state index contributed by atoms with van der Waals surface area (Å²) in [5, 5.41) is 6.63. The van der Waals surface area contributed by atoms with Gasteiger partial charge in [0.2, 0.25) is 0 Å². The first-order valence-corrected chi connectivity index (χ1v) is 4.80. The van der Waals surface area contributed by atoms with E-state index in [0.717, 1.165) is 30.9 Å². The number of nitrogens with zero attached hydrogens (tertiary/aromatic N) is 1. The highest BCUT2D eigenvalue weighted by atomic mass is 15.2. The van der Waals surface area contributed by atoms with Gasteiger partial charge in [-0.15, -0.1) is 0 Å². The first kappa shape index (κ1) is 7.90. The van der Waals surface area contributed by atoms with E-state index in [-0.39, 0.29) is 0 Å². The summed E-state index contributed by atoms with van der Waals surface area (Å²) in [5.41, 5.74) is 0. The molecule has 68 valence electrons. The van der Waals surface area contributed by atoms with Gasteiger partial charge in [0.25, 0.3) is 0 Å². The number of hydrogen-bond acceptors (Lipinski definition) is 3. The van der Waals surface area contributed by atoms with Crippen LogP contribution >= 0.6 is 0 Å². The lowest BCUT2D eigenvalue weighted by atomic mass is 10.3. The molecule has 1 fully saturated rings. The van der Waals surface area contributed by atoms with E-state index >= 15 is 0 Å². The van der Waals surface area contributed by atoms with Gasteiger partial charge in [0.1, 0.15) is 0 Å². The summed E-state index contributed by atoms with van der Waals surface area (Å²) >= 11 is 0. The minimum absolute atomic E-state index is 0.518. The minimum atomic E-state index is 0.518. The highest BCUT2D eigenvalue weighted by Gasteiger charge is 2.32. The monoisotopic (exact) mass is 167 g/mol. The highest BCUT2D eigenvalue weighted by Crippen LogP contribution is 2.36. The van der Waals surface area contributed by atoms with Crippen molar-refractivity contribution >= 4 is 5.96 Å². The lowest BCUT2D eigenvalue weighted by molar-refractivity contribution is 0.682. The second-order valence-electron chi connectivity index (χ2n) is 4.09. The Morgan fingerprint density at radius 1 is 1.58 bits per heavy atom. The summed E-state index contributed by atoms with van der Waals surface area (Å²) in [4.78, 5) is 4.34. The van der Waals surface area contributed by atoms with Crippen LogP contribution in [0.25, 0.3) is 0 Å². The van der Waals surface area contributed by atoms with Crippen molar-refractivity contribution in [3.05, 3.63) is 0 Å². The average Bonchev–Trinajstić information content (AvgIpc) is 2.56. The average molecular weight is 167 g/mol. The van der Waals surface area contributed by atoms with E-state index in [1.807, 2.05) is 0 Å². The Kier molecular flexibility index (Phi) is 1.95. The largest absolute Gasteiger partial charge is 0.356 e. The molecule has 2 aliphatic rings. The van der Waals surface area contributed by atoms with Gasteiger partial charge in [-0.2, -0.15) is 0 Å². The van der Waals surface area contributed by atoms with Gasteiger partial charge < -0.3 is 10.6 Å². The van der Waals surface area contributed by atoms with Gasteiger partial charge in [-0.3, -0.25) is 4.99 Å². The molecule has 0 aromatic rings. The van der Waals surface area contributed by atoms with Crippen molar-refractivity contribution in [1.82, 2.24) is 10.6 Å². The second-order valence-corrected chi connectivity index (χ2v) is 4.09. The maximum absolute atomic E-state index is 4.34. The third kappa shape index (κ3) is 1.71. The molecule has 12 heavy (non-hydrogen) atoms. The van der Waals surface area contributed by atoms with E-state index in [0.29, 0.717) is 6.04 Å². The molecule has 0 aromatic heterocycles. The molecule has 2 rings (SSSR count). The molecule has 0 aromatic carbocycles. The Labute approximate surface area is 73.6 Å². The summed E-state index contributed by atoms with van der Waals surface area (Å²) in [5.74, 6) is 2.82. The molecule has 1 saturated carbocycles. The van der Waals surface area contributed by atoms with Gasteiger partial charge in [-0.1, -0.05) is 6.92 Å². The molecule has 3 nitrogen and oxygen atoms in total. The molecule has 1 aliphatic heterocycles. The lowest BCUT2D eigenvalue weighted by Crippen LogP contribution is -2.38. The van der Waals surface area contributed by atoms with Crippen molar-refractivity contribution in [3.63, 3.8) is 0 Å². The molecular weight excluding hydrogens is 150 g/mol. The van der Waals surface area contributed by atoms with E-state index in [2.05, 4.69) is 29.5 Å². The molecule has 3 unspecified atom stereocenters. The molecule has 0 saturated heterocycles. The first-order valence-electron chi connectivity index (χ1n) is 4.80. The fourth-order valence-corrected chi connectivity index (χ4v) is 1.57. The zero-order chi connectivity index (χ0) is 8.55. The van der Waals surface area contributed by atoms with E-state index in [1.54, 1.807) is 0 Å². The summed E-state index contributed by atoms with van der Waals surface area (Å²) in [6.45, 7) is 6.47. The van der Waals surface area contributed by atoms with Crippen LogP contribution in [0.15, 0.2) is 4.99 Å². The lowest BCUT2D eigenvalue weighted by Gasteiger charge is -2.07.